The molecule has 3 aliphatic rings. The second-order valence-electron chi connectivity index (χ2n) is 7.89. The van der Waals surface area contributed by atoms with E-state index in [-0.39, 0.29) is 46.5 Å². The third kappa shape index (κ3) is 2.82. The van der Waals surface area contributed by atoms with Gasteiger partial charge in [-0.05, 0) is 61.2 Å². The Kier molecular flexibility index (Phi) is 4.19. The fourth-order valence-corrected chi connectivity index (χ4v) is 6.02. The molecule has 2 aromatic carbocycles. The lowest BCUT2D eigenvalue weighted by Gasteiger charge is -2.27. The van der Waals surface area contributed by atoms with E-state index in [1.807, 2.05) is 55.5 Å². The molecule has 1 heterocycles. The van der Waals surface area contributed by atoms with Crippen molar-refractivity contribution in [3.05, 3.63) is 54.1 Å². The number of ether oxygens (including phenoxy) is 2. The third-order valence-electron chi connectivity index (χ3n) is 6.17. The van der Waals surface area contributed by atoms with Gasteiger partial charge in [0, 0.05) is 11.6 Å². The van der Waals surface area contributed by atoms with E-state index in [0.717, 1.165) is 17.7 Å². The highest BCUT2D eigenvalue weighted by atomic mass is 79.9. The van der Waals surface area contributed by atoms with Gasteiger partial charge in [0.2, 0.25) is 5.91 Å². The molecular weight excluding hydrogens is 422 g/mol. The summed E-state index contributed by atoms with van der Waals surface area (Å²) in [5.74, 6) is 0.838. The molecule has 1 aliphatic heterocycles. The average Bonchev–Trinajstić information content (AvgIpc) is 3.28. The van der Waals surface area contributed by atoms with Crippen LogP contribution in [0.4, 0.5) is 5.69 Å². The SMILES string of the molecule is Cc1cccc(Oc2ccc(NC(=O)[C@@H]3[C@H]4C[C@H]5[C@H](OC(=O)[C@H]53)[C@H]4Br)cc2)c1. The Morgan fingerprint density at radius 1 is 1.14 bits per heavy atom. The molecule has 1 N–H and O–H groups in total. The molecule has 0 spiro atoms. The van der Waals surface area contributed by atoms with Gasteiger partial charge in [-0.1, -0.05) is 28.1 Å². The lowest BCUT2D eigenvalue weighted by Crippen LogP contribution is -2.40. The predicted molar refractivity (Wildman–Crippen MR) is 107 cm³/mol. The fraction of sp³-hybridized carbons (Fsp3) is 0.364. The molecule has 2 aromatic rings. The van der Waals surface area contributed by atoms with Gasteiger partial charge in [0.25, 0.3) is 0 Å². The van der Waals surface area contributed by atoms with Crippen molar-refractivity contribution in [2.24, 2.45) is 23.7 Å². The zero-order chi connectivity index (χ0) is 19.4. The minimum Gasteiger partial charge on any atom is -0.461 e. The summed E-state index contributed by atoms with van der Waals surface area (Å²) in [6, 6.07) is 15.1. The summed E-state index contributed by atoms with van der Waals surface area (Å²) in [4.78, 5) is 25.2. The quantitative estimate of drug-likeness (QED) is 0.567. The van der Waals surface area contributed by atoms with E-state index in [2.05, 4.69) is 21.2 Å². The van der Waals surface area contributed by atoms with Crippen LogP contribution in [0.3, 0.4) is 0 Å². The monoisotopic (exact) mass is 441 g/mol. The van der Waals surface area contributed by atoms with Gasteiger partial charge in [-0.15, -0.1) is 0 Å². The number of fused-ring (bicyclic) bond motifs is 1. The summed E-state index contributed by atoms with van der Waals surface area (Å²) >= 11 is 3.64. The van der Waals surface area contributed by atoms with Crippen LogP contribution in [0.2, 0.25) is 0 Å². The van der Waals surface area contributed by atoms with E-state index < -0.39 is 0 Å². The Labute approximate surface area is 171 Å². The molecule has 3 fully saturated rings. The van der Waals surface area contributed by atoms with Gasteiger partial charge in [0.1, 0.15) is 17.6 Å². The summed E-state index contributed by atoms with van der Waals surface area (Å²) < 4.78 is 11.3. The van der Waals surface area contributed by atoms with E-state index in [4.69, 9.17) is 9.47 Å². The van der Waals surface area contributed by atoms with Gasteiger partial charge in [-0.2, -0.15) is 0 Å². The second-order valence-corrected chi connectivity index (χ2v) is 8.95. The first kappa shape index (κ1) is 17.7. The highest BCUT2D eigenvalue weighted by Crippen LogP contribution is 2.60. The number of nitrogens with one attached hydrogen (secondary N) is 1. The number of amides is 1. The van der Waals surface area contributed by atoms with Gasteiger partial charge in [-0.3, -0.25) is 9.59 Å². The van der Waals surface area contributed by atoms with Gasteiger partial charge in [-0.25, -0.2) is 0 Å². The lowest BCUT2D eigenvalue weighted by molar-refractivity contribution is -0.145. The summed E-state index contributed by atoms with van der Waals surface area (Å²) in [6.45, 7) is 2.01. The van der Waals surface area contributed by atoms with Crippen LogP contribution in [-0.2, 0) is 14.3 Å². The number of esters is 1. The van der Waals surface area contributed by atoms with Gasteiger partial charge in [0.15, 0.2) is 0 Å². The Hall–Kier alpha value is -2.34. The molecule has 1 saturated heterocycles. The summed E-state index contributed by atoms with van der Waals surface area (Å²) in [5.41, 5.74) is 1.82. The van der Waals surface area contributed by atoms with Crippen molar-refractivity contribution in [2.45, 2.75) is 24.3 Å². The van der Waals surface area contributed by atoms with Crippen molar-refractivity contribution < 1.29 is 19.1 Å². The number of carbonyl (C=O) groups excluding carboxylic acids is 2. The molecule has 1 amide bonds. The molecule has 2 saturated carbocycles. The minimum absolute atomic E-state index is 0.0652. The minimum atomic E-state index is -0.330. The zero-order valence-electron chi connectivity index (χ0n) is 15.3. The first-order valence-corrected chi connectivity index (χ1v) is 10.4. The summed E-state index contributed by atoms with van der Waals surface area (Å²) in [7, 11) is 0. The maximum Gasteiger partial charge on any atom is 0.310 e. The van der Waals surface area contributed by atoms with Crippen LogP contribution < -0.4 is 10.1 Å². The number of rotatable bonds is 4. The molecule has 2 aliphatic carbocycles. The standard InChI is InChI=1S/C22H20BrNO4/c1-11-3-2-4-14(9-11)27-13-7-5-12(6-8-13)24-21(25)17-15-10-16-18(17)22(26)28-20(16)19(15)23/h2-9,15-20H,10H2,1H3,(H,24,25)/t15-,16-,17-,18-,19+,20+/m1/s1. The third-order valence-corrected chi connectivity index (χ3v) is 7.37. The Balaban J connectivity index is 1.28. The number of aryl methyl sites for hydroxylation is 1. The first-order chi connectivity index (χ1) is 13.5. The van der Waals surface area contributed by atoms with Crippen LogP contribution in [0.1, 0.15) is 12.0 Å². The smallest absolute Gasteiger partial charge is 0.310 e. The van der Waals surface area contributed by atoms with Crippen LogP contribution in [0.25, 0.3) is 0 Å². The highest BCUT2D eigenvalue weighted by Gasteiger charge is 2.67. The predicted octanol–water partition coefficient (Wildman–Crippen LogP) is 4.30. The number of halogens is 1. The van der Waals surface area contributed by atoms with E-state index >= 15 is 0 Å². The second kappa shape index (κ2) is 6.62. The van der Waals surface area contributed by atoms with Crippen LogP contribution in [-0.4, -0.2) is 22.8 Å². The van der Waals surface area contributed by atoms with Crippen molar-refractivity contribution >= 4 is 33.5 Å². The van der Waals surface area contributed by atoms with Gasteiger partial charge >= 0.3 is 5.97 Å². The van der Waals surface area contributed by atoms with E-state index in [1.54, 1.807) is 0 Å². The molecule has 144 valence electrons. The molecule has 5 rings (SSSR count). The first-order valence-electron chi connectivity index (χ1n) is 9.51. The van der Waals surface area contributed by atoms with Gasteiger partial charge in [0.05, 0.1) is 16.7 Å². The number of carbonyl (C=O) groups is 2. The van der Waals surface area contributed by atoms with E-state index in [0.29, 0.717) is 11.4 Å². The van der Waals surface area contributed by atoms with Crippen molar-refractivity contribution in [1.29, 1.82) is 0 Å². The van der Waals surface area contributed by atoms with Crippen molar-refractivity contribution in [2.75, 3.05) is 5.32 Å². The lowest BCUT2D eigenvalue weighted by atomic mass is 9.79. The normalized spacial score (nSPS) is 32.3. The number of benzene rings is 2. The Morgan fingerprint density at radius 3 is 2.68 bits per heavy atom. The van der Waals surface area contributed by atoms with Crippen molar-refractivity contribution in [3.8, 4) is 11.5 Å². The number of anilines is 1. The molecule has 5 nitrogen and oxygen atoms in total. The van der Waals surface area contributed by atoms with E-state index in [9.17, 15) is 9.59 Å². The van der Waals surface area contributed by atoms with Crippen LogP contribution >= 0.6 is 15.9 Å². The number of hydrogen-bond acceptors (Lipinski definition) is 4. The average molecular weight is 442 g/mol. The molecule has 0 unspecified atom stereocenters. The van der Waals surface area contributed by atoms with Crippen molar-refractivity contribution in [1.82, 2.24) is 0 Å². The summed E-state index contributed by atoms with van der Waals surface area (Å²) in [5, 5.41) is 2.97. The highest BCUT2D eigenvalue weighted by molar-refractivity contribution is 9.09. The van der Waals surface area contributed by atoms with Crippen LogP contribution in [0.15, 0.2) is 48.5 Å². The summed E-state index contributed by atoms with van der Waals surface area (Å²) in [6.07, 6.45) is 0.808. The molecule has 0 radical (unpaired) electrons. The maximum absolute atomic E-state index is 12.9. The molecule has 6 heteroatoms. The number of alkyl halides is 1. The molecule has 28 heavy (non-hydrogen) atoms. The Morgan fingerprint density at radius 2 is 1.93 bits per heavy atom. The fourth-order valence-electron chi connectivity index (χ4n) is 4.98. The number of hydrogen-bond donors (Lipinski definition) is 1. The topological polar surface area (TPSA) is 64.6 Å². The molecule has 2 bridgehead atoms. The largest absolute Gasteiger partial charge is 0.461 e. The molecule has 0 aromatic heterocycles. The van der Waals surface area contributed by atoms with Crippen molar-refractivity contribution in [3.63, 3.8) is 0 Å². The molecular formula is C22H20BrNO4. The maximum atomic E-state index is 12.9. The van der Waals surface area contributed by atoms with Crippen LogP contribution in [0.5, 0.6) is 11.5 Å². The van der Waals surface area contributed by atoms with Crippen LogP contribution in [0, 0.1) is 30.6 Å². The Bertz CT molecular complexity index is 944. The zero-order valence-corrected chi connectivity index (χ0v) is 16.9. The van der Waals surface area contributed by atoms with E-state index in [1.165, 1.54) is 0 Å². The molecule has 6 atom stereocenters. The van der Waals surface area contributed by atoms with Gasteiger partial charge < -0.3 is 14.8 Å².